The summed E-state index contributed by atoms with van der Waals surface area (Å²) in [5.41, 5.74) is -1.00. The van der Waals surface area contributed by atoms with E-state index in [0.717, 1.165) is 63.1 Å². The van der Waals surface area contributed by atoms with Gasteiger partial charge in [-0.2, -0.15) is 11.8 Å². The number of hydrogen-bond acceptors (Lipinski definition) is 8. The minimum absolute atomic E-state index is 0.0187. The van der Waals surface area contributed by atoms with E-state index in [2.05, 4.69) is 11.8 Å². The summed E-state index contributed by atoms with van der Waals surface area (Å²) < 4.78 is 17.6. The van der Waals surface area contributed by atoms with Gasteiger partial charge in [0, 0.05) is 24.6 Å². The van der Waals surface area contributed by atoms with E-state index in [1.807, 2.05) is 11.8 Å². The van der Waals surface area contributed by atoms with Crippen LogP contribution >= 0.6 is 11.8 Å². The number of thioether (sulfide) groups is 1. The van der Waals surface area contributed by atoms with E-state index in [1.165, 1.54) is 0 Å². The molecule has 2 heterocycles. The lowest BCUT2D eigenvalue weighted by Gasteiger charge is -2.40. The third-order valence-corrected chi connectivity index (χ3v) is 9.75. The quantitative estimate of drug-likeness (QED) is 0.438. The molecule has 0 radical (unpaired) electrons. The fourth-order valence-corrected chi connectivity index (χ4v) is 8.02. The van der Waals surface area contributed by atoms with Gasteiger partial charge in [0.2, 0.25) is 0 Å². The van der Waals surface area contributed by atoms with E-state index >= 15 is 0 Å². The summed E-state index contributed by atoms with van der Waals surface area (Å²) in [5.74, 6) is 0.641. The van der Waals surface area contributed by atoms with Crippen molar-refractivity contribution in [2.45, 2.75) is 70.0 Å². The predicted octanol–water partition coefficient (Wildman–Crippen LogP) is 2.80. The smallest absolute Gasteiger partial charge is 0.320 e. The highest BCUT2D eigenvalue weighted by Crippen LogP contribution is 2.63. The zero-order valence-electron chi connectivity index (χ0n) is 19.0. The minimum Gasteiger partial charge on any atom is -0.465 e. The van der Waals surface area contributed by atoms with Crippen molar-refractivity contribution in [3.05, 3.63) is 0 Å². The normalized spacial score (nSPS) is 38.2. The largest absolute Gasteiger partial charge is 0.465 e. The van der Waals surface area contributed by atoms with Gasteiger partial charge in [0.1, 0.15) is 11.7 Å². The van der Waals surface area contributed by atoms with Crippen LogP contribution in [0.25, 0.3) is 0 Å². The van der Waals surface area contributed by atoms with Crippen LogP contribution in [0.4, 0.5) is 0 Å². The molecule has 1 spiro atoms. The van der Waals surface area contributed by atoms with Gasteiger partial charge >= 0.3 is 17.9 Å². The first-order valence-corrected chi connectivity index (χ1v) is 13.5. The van der Waals surface area contributed by atoms with Crippen molar-refractivity contribution in [2.24, 2.45) is 23.2 Å². The molecule has 0 amide bonds. The van der Waals surface area contributed by atoms with Gasteiger partial charge in [0.15, 0.2) is 0 Å². The van der Waals surface area contributed by atoms with Gasteiger partial charge in [-0.1, -0.05) is 6.92 Å². The van der Waals surface area contributed by atoms with Gasteiger partial charge in [-0.15, -0.1) is 0 Å². The molecule has 5 aliphatic rings. The number of rotatable bonds is 6. The third-order valence-electron chi connectivity index (χ3n) is 8.81. The summed E-state index contributed by atoms with van der Waals surface area (Å²) >= 11 is 1.90. The number of esters is 3. The van der Waals surface area contributed by atoms with Crippen molar-refractivity contribution in [3.63, 3.8) is 0 Å². The molecule has 2 aliphatic heterocycles. The van der Waals surface area contributed by atoms with Gasteiger partial charge in [-0.3, -0.25) is 19.3 Å². The number of carbonyl (C=O) groups excluding carboxylic acids is 3. The van der Waals surface area contributed by atoms with Crippen LogP contribution < -0.4 is 0 Å². The zero-order valence-corrected chi connectivity index (χ0v) is 19.8. The highest BCUT2D eigenvalue weighted by Gasteiger charge is 2.69. The molecule has 5 rings (SSSR count). The maximum Gasteiger partial charge on any atom is 0.320 e. The average Bonchev–Trinajstić information content (AvgIpc) is 3.55. The molecule has 0 N–H and O–H groups in total. The molecule has 5 fully saturated rings. The van der Waals surface area contributed by atoms with E-state index in [-0.39, 0.29) is 36.3 Å². The number of fused-ring (bicyclic) bond motifs is 3. The lowest BCUT2D eigenvalue weighted by Crippen LogP contribution is -2.50. The summed E-state index contributed by atoms with van der Waals surface area (Å²) in [7, 11) is 0. The fourth-order valence-electron chi connectivity index (χ4n) is 7.04. The Labute approximate surface area is 194 Å². The van der Waals surface area contributed by atoms with Gasteiger partial charge < -0.3 is 14.2 Å². The second-order valence-corrected chi connectivity index (χ2v) is 11.6. The summed E-state index contributed by atoms with van der Waals surface area (Å²) in [5, 5.41) is 0. The topological polar surface area (TPSA) is 82.1 Å². The molecule has 5 unspecified atom stereocenters. The summed E-state index contributed by atoms with van der Waals surface area (Å²) in [6.45, 7) is 4.53. The summed E-state index contributed by atoms with van der Waals surface area (Å²) in [4.78, 5) is 41.3. The highest BCUT2D eigenvalue weighted by molar-refractivity contribution is 7.99. The molecule has 32 heavy (non-hydrogen) atoms. The minimum atomic E-state index is -0.601. The van der Waals surface area contributed by atoms with Crippen LogP contribution in [0.15, 0.2) is 0 Å². The Morgan fingerprint density at radius 3 is 2.59 bits per heavy atom. The molecule has 5 atom stereocenters. The van der Waals surface area contributed by atoms with Crippen molar-refractivity contribution in [3.8, 4) is 0 Å². The van der Waals surface area contributed by atoms with Crippen molar-refractivity contribution in [2.75, 3.05) is 37.7 Å². The third kappa shape index (κ3) is 3.85. The van der Waals surface area contributed by atoms with E-state index in [4.69, 9.17) is 14.2 Å². The number of hydrogen-bond donors (Lipinski definition) is 0. The molecule has 7 nitrogen and oxygen atoms in total. The molecule has 2 bridgehead atoms. The Morgan fingerprint density at radius 2 is 1.94 bits per heavy atom. The van der Waals surface area contributed by atoms with Crippen LogP contribution in [0.3, 0.4) is 0 Å². The van der Waals surface area contributed by atoms with Crippen LogP contribution in [0.1, 0.15) is 58.3 Å². The molecule has 0 aromatic carbocycles. The Morgan fingerprint density at radius 1 is 1.19 bits per heavy atom. The summed E-state index contributed by atoms with van der Waals surface area (Å²) in [6, 6.07) is 0. The van der Waals surface area contributed by atoms with E-state index < -0.39 is 23.0 Å². The monoisotopic (exact) mass is 465 g/mol. The van der Waals surface area contributed by atoms with Gasteiger partial charge in [0.25, 0.3) is 0 Å². The Balaban J connectivity index is 1.34. The second-order valence-electron chi connectivity index (χ2n) is 10.4. The lowest BCUT2D eigenvalue weighted by atomic mass is 9.66. The van der Waals surface area contributed by atoms with Crippen LogP contribution in [-0.2, 0) is 28.6 Å². The number of ether oxygens (including phenoxy) is 3. The van der Waals surface area contributed by atoms with Gasteiger partial charge in [-0.05, 0) is 63.2 Å². The molecular weight excluding hydrogens is 430 g/mol. The van der Waals surface area contributed by atoms with Gasteiger partial charge in [0.05, 0.1) is 24.5 Å². The molecule has 3 aliphatic carbocycles. The fraction of sp³-hybridized carbons (Fsp3) is 0.875. The first kappa shape index (κ1) is 22.5. The predicted molar refractivity (Wildman–Crippen MR) is 119 cm³/mol. The second kappa shape index (κ2) is 8.82. The van der Waals surface area contributed by atoms with Crippen molar-refractivity contribution < 1.29 is 28.6 Å². The number of nitrogens with zero attached hydrogens (tertiary/aromatic N) is 1. The van der Waals surface area contributed by atoms with E-state index in [0.29, 0.717) is 19.4 Å². The summed E-state index contributed by atoms with van der Waals surface area (Å²) in [6.07, 6.45) is 6.26. The van der Waals surface area contributed by atoms with Crippen molar-refractivity contribution in [1.82, 2.24) is 4.90 Å². The lowest BCUT2D eigenvalue weighted by molar-refractivity contribution is -0.182. The Bertz CT molecular complexity index is 762. The van der Waals surface area contributed by atoms with Crippen molar-refractivity contribution >= 4 is 29.7 Å². The molecule has 8 heteroatoms. The Hall–Kier alpha value is -1.28. The van der Waals surface area contributed by atoms with Crippen LogP contribution in [0, 0.1) is 23.2 Å². The maximum atomic E-state index is 13.6. The van der Waals surface area contributed by atoms with Crippen molar-refractivity contribution in [1.29, 1.82) is 0 Å². The average molecular weight is 466 g/mol. The van der Waals surface area contributed by atoms with Gasteiger partial charge in [-0.25, -0.2) is 0 Å². The van der Waals surface area contributed by atoms with Crippen LogP contribution in [-0.4, -0.2) is 72.3 Å². The zero-order chi connectivity index (χ0) is 22.3. The molecule has 0 aromatic heterocycles. The van der Waals surface area contributed by atoms with Crippen LogP contribution in [0.5, 0.6) is 0 Å². The van der Waals surface area contributed by atoms with E-state index in [1.54, 1.807) is 0 Å². The molecule has 3 saturated carbocycles. The van der Waals surface area contributed by atoms with E-state index in [9.17, 15) is 14.4 Å². The molecule has 2 saturated heterocycles. The molecular formula is C24H35NO6S. The first-order chi connectivity index (χ1) is 15.5. The van der Waals surface area contributed by atoms with Crippen LogP contribution in [0.2, 0.25) is 0 Å². The standard InChI is InChI=1S/C24H35NO6S/c1-2-23(5-3-4-6-23)31-21(27)19-17-13-16(14-24(17)7-10-29-22(24)28)20(19)30-18(26)15-25-8-11-32-12-9-25/h16-17,19-20H,2-15H2,1H3. The molecule has 0 aromatic rings. The number of cyclic esters (lactones) is 1. The molecule has 178 valence electrons. The number of carbonyl (C=O) groups is 3. The maximum absolute atomic E-state index is 13.6. The highest BCUT2D eigenvalue weighted by atomic mass is 32.2. The SMILES string of the molecule is CCC1(OC(=O)C2C(OC(=O)CN3CCSCC3)C3CC2C2(CCOC2=O)C3)CCCC1. The first-order valence-electron chi connectivity index (χ1n) is 12.4. The Kier molecular flexibility index (Phi) is 6.20.